The fourth-order valence-electron chi connectivity index (χ4n) is 3.61. The zero-order chi connectivity index (χ0) is 23.7. The van der Waals surface area contributed by atoms with Crippen LogP contribution in [-0.2, 0) is 4.74 Å². The number of nitrogens with zero attached hydrogens (tertiary/aromatic N) is 2. The van der Waals surface area contributed by atoms with E-state index in [-0.39, 0.29) is 12.5 Å². The lowest BCUT2D eigenvalue weighted by Crippen LogP contribution is -2.20. The lowest BCUT2D eigenvalue weighted by atomic mass is 10.1. The van der Waals surface area contributed by atoms with E-state index in [4.69, 9.17) is 16.3 Å². The third kappa shape index (κ3) is 4.05. The predicted octanol–water partition coefficient (Wildman–Crippen LogP) is 5.96. The topological polar surface area (TPSA) is 80.9 Å². The van der Waals surface area contributed by atoms with Gasteiger partial charge in [0.15, 0.2) is 0 Å². The monoisotopic (exact) mass is 480 g/mol. The molecule has 0 aliphatic rings. The molecule has 8 heteroatoms. The van der Waals surface area contributed by atoms with Crippen LogP contribution in [0.1, 0.15) is 33.3 Å². The molecule has 1 N–H and O–H groups in total. The molecule has 2 aromatic carbocycles. The van der Waals surface area contributed by atoms with Gasteiger partial charge in [-0.1, -0.05) is 41.9 Å². The molecule has 0 aliphatic carbocycles. The minimum atomic E-state index is -0.443. The Balaban J connectivity index is 1.96. The second kappa shape index (κ2) is 9.21. The Morgan fingerprint density at radius 1 is 1.15 bits per heavy atom. The highest BCUT2D eigenvalue weighted by Crippen LogP contribution is 2.36. The number of benzene rings is 2. The third-order valence-electron chi connectivity index (χ3n) is 5.35. The van der Waals surface area contributed by atoms with E-state index in [1.165, 1.54) is 22.1 Å². The third-order valence-corrected chi connectivity index (χ3v) is 6.79. The number of aromatic hydroxyl groups is 1. The fourth-order valence-corrected chi connectivity index (χ4v) is 4.82. The van der Waals surface area contributed by atoms with Crippen LogP contribution in [0, 0.1) is 13.8 Å². The molecule has 0 spiro atoms. The first kappa shape index (κ1) is 22.8. The van der Waals surface area contributed by atoms with Gasteiger partial charge in [-0.25, -0.2) is 14.4 Å². The zero-order valence-electron chi connectivity index (χ0n) is 18.3. The van der Waals surface area contributed by atoms with Gasteiger partial charge in [-0.15, -0.1) is 11.3 Å². The van der Waals surface area contributed by atoms with E-state index in [0.29, 0.717) is 37.6 Å². The van der Waals surface area contributed by atoms with E-state index in [1.807, 2.05) is 13.8 Å². The molecule has 4 rings (SSSR count). The highest BCUT2D eigenvalue weighted by molar-refractivity contribution is 7.16. The number of carbonyl (C=O) groups excluding carboxylic acids is 1. The largest absolute Gasteiger partial charge is 0.494 e. The summed E-state index contributed by atoms with van der Waals surface area (Å²) in [5.41, 5.74) is 1.50. The molecule has 2 aromatic heterocycles. The number of esters is 1. The number of carbonyl (C=O) groups is 1. The minimum absolute atomic E-state index is 0.255. The van der Waals surface area contributed by atoms with Crippen LogP contribution in [0.25, 0.3) is 16.5 Å². The van der Waals surface area contributed by atoms with E-state index in [1.54, 1.807) is 55.5 Å². The Kier molecular flexibility index (Phi) is 6.35. The summed E-state index contributed by atoms with van der Waals surface area (Å²) in [6.45, 7) is 5.76. The maximum Gasteiger partial charge on any atom is 0.341 e. The smallest absolute Gasteiger partial charge is 0.341 e. The first-order chi connectivity index (χ1) is 15.8. The number of hydrogen-bond donors (Lipinski definition) is 1. The van der Waals surface area contributed by atoms with Crippen LogP contribution in [0.2, 0.25) is 5.02 Å². The van der Waals surface area contributed by atoms with Crippen molar-refractivity contribution in [2.24, 2.45) is 4.99 Å². The molecule has 0 unspecified atom stereocenters. The first-order valence-electron chi connectivity index (χ1n) is 10.3. The average Bonchev–Trinajstić information content (AvgIpc) is 3.08. The summed E-state index contributed by atoms with van der Waals surface area (Å²) in [5.74, 6) is -0.736. The Morgan fingerprint density at radius 3 is 2.52 bits per heavy atom. The zero-order valence-corrected chi connectivity index (χ0v) is 19.8. The van der Waals surface area contributed by atoms with Crippen LogP contribution in [0.4, 0.5) is 5.00 Å². The Labute approximate surface area is 199 Å². The highest BCUT2D eigenvalue weighted by atomic mass is 35.5. The number of rotatable bonds is 5. The SMILES string of the molecule is CCOC(=O)c1c(N=Cc2c(O)n(-c3ccccc3Cl)c(=O)c3ccccc23)sc(C)c1C. The number of ether oxygens (including phenoxy) is 1. The molecule has 2 heterocycles. The van der Waals surface area contributed by atoms with E-state index in [2.05, 4.69) is 4.99 Å². The average molecular weight is 481 g/mol. The molecule has 6 nitrogen and oxygen atoms in total. The number of aliphatic imine (C=N–C) groups is 1. The summed E-state index contributed by atoms with van der Waals surface area (Å²) < 4.78 is 6.37. The van der Waals surface area contributed by atoms with Gasteiger partial charge in [0.05, 0.1) is 28.4 Å². The molecule has 0 atom stereocenters. The van der Waals surface area contributed by atoms with Gasteiger partial charge >= 0.3 is 5.97 Å². The number of para-hydroxylation sites is 1. The maximum absolute atomic E-state index is 13.2. The number of hydrogen-bond acceptors (Lipinski definition) is 6. The van der Waals surface area contributed by atoms with Crippen LogP contribution >= 0.6 is 22.9 Å². The van der Waals surface area contributed by atoms with Crippen molar-refractivity contribution in [1.82, 2.24) is 4.57 Å². The molecular weight excluding hydrogens is 460 g/mol. The van der Waals surface area contributed by atoms with Crippen molar-refractivity contribution < 1.29 is 14.6 Å². The van der Waals surface area contributed by atoms with E-state index >= 15 is 0 Å². The van der Waals surface area contributed by atoms with Crippen molar-refractivity contribution in [3.05, 3.63) is 85.5 Å². The number of pyridine rings is 1. The van der Waals surface area contributed by atoms with Gasteiger partial charge in [-0.05, 0) is 44.5 Å². The fraction of sp³-hybridized carbons (Fsp3) is 0.160. The minimum Gasteiger partial charge on any atom is -0.494 e. The van der Waals surface area contributed by atoms with Gasteiger partial charge in [0.2, 0.25) is 5.88 Å². The number of aromatic nitrogens is 1. The summed E-state index contributed by atoms with van der Waals surface area (Å²) in [4.78, 5) is 31.2. The van der Waals surface area contributed by atoms with Crippen LogP contribution in [-0.4, -0.2) is 28.5 Å². The molecule has 0 fully saturated rings. The van der Waals surface area contributed by atoms with E-state index in [0.717, 1.165) is 10.4 Å². The summed E-state index contributed by atoms with van der Waals surface area (Å²) in [6, 6.07) is 13.7. The molecule has 0 bridgehead atoms. The highest BCUT2D eigenvalue weighted by Gasteiger charge is 2.21. The first-order valence-corrected chi connectivity index (χ1v) is 11.5. The van der Waals surface area contributed by atoms with Gasteiger partial charge in [0.1, 0.15) is 5.00 Å². The molecule has 0 saturated carbocycles. The number of thiophene rings is 1. The van der Waals surface area contributed by atoms with Crippen molar-refractivity contribution >= 4 is 50.9 Å². The second-order valence-corrected chi connectivity index (χ2v) is 8.93. The van der Waals surface area contributed by atoms with Gasteiger partial charge in [0, 0.05) is 21.9 Å². The van der Waals surface area contributed by atoms with E-state index < -0.39 is 11.5 Å². The predicted molar refractivity (Wildman–Crippen MR) is 133 cm³/mol. The number of halogens is 1. The molecule has 33 heavy (non-hydrogen) atoms. The maximum atomic E-state index is 13.2. The standard InChI is InChI=1S/C25H21ClN2O4S/c1-4-32-25(31)21-14(2)15(3)33-22(21)27-13-18-16-9-5-6-10-17(16)23(29)28(24(18)30)20-12-8-7-11-19(20)26/h5-13,30H,4H2,1-3H3. The lowest BCUT2D eigenvalue weighted by molar-refractivity contribution is 0.0527. The normalized spacial score (nSPS) is 11.4. The summed E-state index contributed by atoms with van der Waals surface area (Å²) in [5, 5.41) is 12.9. The Hall–Kier alpha value is -3.42. The van der Waals surface area contributed by atoms with Gasteiger partial charge < -0.3 is 9.84 Å². The molecule has 4 aromatic rings. The second-order valence-electron chi connectivity index (χ2n) is 7.32. The summed E-state index contributed by atoms with van der Waals surface area (Å²) in [7, 11) is 0. The van der Waals surface area contributed by atoms with Gasteiger partial charge in [0.25, 0.3) is 5.56 Å². The van der Waals surface area contributed by atoms with Gasteiger partial charge in [-0.2, -0.15) is 0 Å². The molecule has 168 valence electrons. The van der Waals surface area contributed by atoms with Crippen LogP contribution in [0.3, 0.4) is 0 Å². The lowest BCUT2D eigenvalue weighted by Gasteiger charge is -2.14. The van der Waals surface area contributed by atoms with E-state index in [9.17, 15) is 14.7 Å². The molecule has 0 aliphatic heterocycles. The molecule has 0 amide bonds. The molecular formula is C25H21ClN2O4S. The Bertz CT molecular complexity index is 1470. The van der Waals surface area contributed by atoms with Crippen molar-refractivity contribution in [2.45, 2.75) is 20.8 Å². The van der Waals surface area contributed by atoms with Crippen LogP contribution < -0.4 is 5.56 Å². The van der Waals surface area contributed by atoms with Crippen molar-refractivity contribution in [3.8, 4) is 11.6 Å². The van der Waals surface area contributed by atoms with Crippen LogP contribution in [0.5, 0.6) is 5.88 Å². The number of fused-ring (bicyclic) bond motifs is 1. The molecule has 0 radical (unpaired) electrons. The Morgan fingerprint density at radius 2 is 1.82 bits per heavy atom. The van der Waals surface area contributed by atoms with Crippen molar-refractivity contribution in [2.75, 3.05) is 6.61 Å². The summed E-state index contributed by atoms with van der Waals surface area (Å²) in [6.07, 6.45) is 1.47. The van der Waals surface area contributed by atoms with Crippen molar-refractivity contribution in [3.63, 3.8) is 0 Å². The summed E-state index contributed by atoms with van der Waals surface area (Å²) >= 11 is 7.69. The van der Waals surface area contributed by atoms with Crippen molar-refractivity contribution in [1.29, 1.82) is 0 Å². The van der Waals surface area contributed by atoms with Crippen LogP contribution in [0.15, 0.2) is 58.3 Å². The van der Waals surface area contributed by atoms with Gasteiger partial charge in [-0.3, -0.25) is 4.79 Å². The molecule has 0 saturated heterocycles. The number of aryl methyl sites for hydroxylation is 1. The quantitative estimate of drug-likeness (QED) is 0.282.